The average molecular weight is 493 g/mol. The van der Waals surface area contributed by atoms with Gasteiger partial charge in [0, 0.05) is 17.8 Å². The molecule has 0 radical (unpaired) electrons. The summed E-state index contributed by atoms with van der Waals surface area (Å²) in [5, 5.41) is 12.6. The molecule has 0 fully saturated rings. The van der Waals surface area contributed by atoms with Crippen LogP contribution < -0.4 is 10.0 Å². The first-order valence-corrected chi connectivity index (χ1v) is 11.7. The van der Waals surface area contributed by atoms with E-state index in [1.165, 1.54) is 36.4 Å². The Morgan fingerprint density at radius 1 is 1.00 bits per heavy atom. The van der Waals surface area contributed by atoms with Gasteiger partial charge in [-0.1, -0.05) is 30.3 Å². The second-order valence-corrected chi connectivity index (χ2v) is 9.41. The first-order chi connectivity index (χ1) is 15.9. The van der Waals surface area contributed by atoms with Crippen molar-refractivity contribution in [2.24, 2.45) is 0 Å². The summed E-state index contributed by atoms with van der Waals surface area (Å²) in [5.74, 6) is -0.632. The lowest BCUT2D eigenvalue weighted by Gasteiger charge is -2.18. The van der Waals surface area contributed by atoms with Gasteiger partial charge in [-0.25, -0.2) is 8.42 Å². The van der Waals surface area contributed by atoms with Gasteiger partial charge < -0.3 is 10.4 Å². The number of carbonyl (C=O) groups excluding carboxylic acids is 1. The maximum Gasteiger partial charge on any atom is 0.416 e. The van der Waals surface area contributed by atoms with Crippen LogP contribution in [0.2, 0.25) is 0 Å². The second-order valence-electron chi connectivity index (χ2n) is 7.76. The molecule has 34 heavy (non-hydrogen) atoms. The molecule has 0 bridgehead atoms. The van der Waals surface area contributed by atoms with E-state index in [9.17, 15) is 31.5 Å². The summed E-state index contributed by atoms with van der Waals surface area (Å²) in [5.41, 5.74) is 0.434. The van der Waals surface area contributed by atoms with Gasteiger partial charge in [0.1, 0.15) is 0 Å². The van der Waals surface area contributed by atoms with Crippen LogP contribution >= 0.6 is 0 Å². The molecule has 3 rings (SSSR count). The molecule has 0 saturated heterocycles. The molecule has 0 saturated carbocycles. The number of carbonyl (C=O) groups is 1. The molecule has 3 N–H and O–H groups in total. The number of aryl methyl sites for hydroxylation is 2. The van der Waals surface area contributed by atoms with Crippen molar-refractivity contribution < 1.29 is 31.5 Å². The first-order valence-electron chi connectivity index (χ1n) is 10.2. The van der Waals surface area contributed by atoms with E-state index < -0.39 is 40.3 Å². The van der Waals surface area contributed by atoms with E-state index in [2.05, 4.69) is 10.0 Å². The number of halogens is 3. The number of nitrogens with one attached hydrogen (secondary N) is 2. The predicted molar refractivity (Wildman–Crippen MR) is 122 cm³/mol. The molecule has 0 aliphatic heterocycles. The summed E-state index contributed by atoms with van der Waals surface area (Å²) in [4.78, 5) is 12.5. The summed E-state index contributed by atoms with van der Waals surface area (Å²) in [6.07, 6.45) is -6.20. The molecule has 0 spiro atoms. The van der Waals surface area contributed by atoms with E-state index >= 15 is 0 Å². The van der Waals surface area contributed by atoms with Crippen molar-refractivity contribution in [1.29, 1.82) is 0 Å². The van der Waals surface area contributed by atoms with Crippen molar-refractivity contribution in [3.63, 3.8) is 0 Å². The Balaban J connectivity index is 1.66. The van der Waals surface area contributed by atoms with E-state index in [0.29, 0.717) is 5.56 Å². The van der Waals surface area contributed by atoms with Crippen LogP contribution in [0.25, 0.3) is 0 Å². The van der Waals surface area contributed by atoms with Crippen LogP contribution in [0.1, 0.15) is 38.7 Å². The number of amides is 1. The number of aliphatic hydroxyl groups excluding tert-OH is 1. The molecule has 1 amide bonds. The number of hydrogen-bond donors (Lipinski definition) is 3. The normalized spacial score (nSPS) is 12.8. The molecule has 6 nitrogen and oxygen atoms in total. The minimum atomic E-state index is -4.64. The number of alkyl halides is 3. The summed E-state index contributed by atoms with van der Waals surface area (Å²) in [6.45, 7) is 3.03. The molecule has 1 atom stereocenters. The van der Waals surface area contributed by atoms with Gasteiger partial charge in [0.25, 0.3) is 15.9 Å². The van der Waals surface area contributed by atoms with Crippen molar-refractivity contribution >= 4 is 21.6 Å². The fraction of sp³-hybridized carbons (Fsp3) is 0.208. The van der Waals surface area contributed by atoms with Crippen LogP contribution in [0.5, 0.6) is 0 Å². The van der Waals surface area contributed by atoms with Crippen LogP contribution in [0.15, 0.2) is 71.6 Å². The molecule has 3 aromatic rings. The van der Waals surface area contributed by atoms with E-state index in [4.69, 9.17) is 0 Å². The number of sulfonamides is 1. The third kappa shape index (κ3) is 5.95. The third-order valence-electron chi connectivity index (χ3n) is 5.11. The van der Waals surface area contributed by atoms with Crippen molar-refractivity contribution in [1.82, 2.24) is 5.32 Å². The van der Waals surface area contributed by atoms with Crippen LogP contribution in [0.3, 0.4) is 0 Å². The van der Waals surface area contributed by atoms with Gasteiger partial charge in [-0.05, 0) is 66.9 Å². The maximum atomic E-state index is 13.1. The number of anilines is 1. The Hall–Kier alpha value is -3.37. The lowest BCUT2D eigenvalue weighted by molar-refractivity contribution is -0.139. The van der Waals surface area contributed by atoms with E-state index in [1.54, 1.807) is 32.0 Å². The van der Waals surface area contributed by atoms with Gasteiger partial charge in [0.05, 0.1) is 16.6 Å². The summed E-state index contributed by atoms with van der Waals surface area (Å²) in [6, 6.07) is 15.2. The minimum absolute atomic E-state index is 0.141. The van der Waals surface area contributed by atoms with Crippen molar-refractivity contribution in [3.05, 3.63) is 94.5 Å². The molecule has 180 valence electrons. The van der Waals surface area contributed by atoms with Crippen LogP contribution in [-0.2, 0) is 16.2 Å². The van der Waals surface area contributed by atoms with Gasteiger partial charge in [-0.15, -0.1) is 0 Å². The summed E-state index contributed by atoms with van der Waals surface area (Å²) in [7, 11) is -3.84. The highest BCUT2D eigenvalue weighted by Gasteiger charge is 2.34. The molecule has 1 unspecified atom stereocenters. The fourth-order valence-electron chi connectivity index (χ4n) is 3.34. The molecular weight excluding hydrogens is 469 g/mol. The van der Waals surface area contributed by atoms with Crippen LogP contribution in [0.4, 0.5) is 18.9 Å². The largest absolute Gasteiger partial charge is 0.416 e. The van der Waals surface area contributed by atoms with Gasteiger partial charge in [0.2, 0.25) is 0 Å². The molecule has 0 heterocycles. The van der Waals surface area contributed by atoms with E-state index in [-0.39, 0.29) is 21.7 Å². The number of hydrogen-bond acceptors (Lipinski definition) is 4. The molecule has 3 aromatic carbocycles. The SMILES string of the molecule is Cc1ccc(C)c(S(=O)(=O)Nc2ccc(C(=O)NCC(O)c3ccccc3C(F)(F)F)cc2)c1. The van der Waals surface area contributed by atoms with Gasteiger partial charge in [-0.3, -0.25) is 9.52 Å². The van der Waals surface area contributed by atoms with Crippen molar-refractivity contribution in [2.45, 2.75) is 31.0 Å². The average Bonchev–Trinajstić information content (AvgIpc) is 2.78. The number of aliphatic hydroxyl groups is 1. The van der Waals surface area contributed by atoms with Crippen molar-refractivity contribution in [2.75, 3.05) is 11.3 Å². The maximum absolute atomic E-state index is 13.1. The highest BCUT2D eigenvalue weighted by Crippen LogP contribution is 2.34. The van der Waals surface area contributed by atoms with Gasteiger partial charge in [0.15, 0.2) is 0 Å². The third-order valence-corrected chi connectivity index (χ3v) is 6.64. The zero-order valence-corrected chi connectivity index (χ0v) is 19.2. The highest BCUT2D eigenvalue weighted by molar-refractivity contribution is 7.92. The summed E-state index contributed by atoms with van der Waals surface area (Å²) < 4.78 is 67.3. The Labute approximate surface area is 195 Å². The molecule has 10 heteroatoms. The van der Waals surface area contributed by atoms with Gasteiger partial charge >= 0.3 is 6.18 Å². The predicted octanol–water partition coefficient (Wildman–Crippen LogP) is 4.59. The number of benzene rings is 3. The molecule has 0 aliphatic carbocycles. The first kappa shape index (κ1) is 25.3. The minimum Gasteiger partial charge on any atom is -0.387 e. The van der Waals surface area contributed by atoms with Gasteiger partial charge in [-0.2, -0.15) is 13.2 Å². The second kappa shape index (κ2) is 9.86. The molecular formula is C24H23F3N2O4S. The standard InChI is InChI=1S/C24H23F3N2O4S/c1-15-7-8-16(2)22(13-15)34(32,33)29-18-11-9-17(10-12-18)23(31)28-14-21(30)19-5-3-4-6-20(19)24(25,26)27/h3-13,21,29-30H,14H2,1-2H3,(H,28,31). The quantitative estimate of drug-likeness (QED) is 0.450. The Morgan fingerprint density at radius 2 is 1.65 bits per heavy atom. The van der Waals surface area contributed by atoms with Crippen LogP contribution in [0, 0.1) is 13.8 Å². The zero-order chi connectivity index (χ0) is 25.1. The lowest BCUT2D eigenvalue weighted by Crippen LogP contribution is -2.29. The topological polar surface area (TPSA) is 95.5 Å². The zero-order valence-electron chi connectivity index (χ0n) is 18.3. The molecule has 0 aliphatic rings. The summed E-state index contributed by atoms with van der Waals surface area (Å²) >= 11 is 0. The Bertz CT molecular complexity index is 1290. The fourth-order valence-corrected chi connectivity index (χ4v) is 4.73. The number of rotatable bonds is 7. The Kier molecular flexibility index (Phi) is 7.32. The van der Waals surface area contributed by atoms with Crippen LogP contribution in [-0.4, -0.2) is 26.0 Å². The highest BCUT2D eigenvalue weighted by atomic mass is 32.2. The smallest absolute Gasteiger partial charge is 0.387 e. The monoisotopic (exact) mass is 492 g/mol. The molecule has 0 aromatic heterocycles. The van der Waals surface area contributed by atoms with E-state index in [0.717, 1.165) is 17.7 Å². The Morgan fingerprint density at radius 3 is 2.29 bits per heavy atom. The van der Waals surface area contributed by atoms with E-state index in [1.807, 2.05) is 0 Å². The lowest BCUT2D eigenvalue weighted by atomic mass is 10.0. The van der Waals surface area contributed by atoms with Crippen molar-refractivity contribution in [3.8, 4) is 0 Å².